The van der Waals surface area contributed by atoms with Crippen LogP contribution in [0.1, 0.15) is 90.3 Å². The van der Waals surface area contributed by atoms with Crippen LogP contribution in [-0.4, -0.2) is 118 Å². The Hall–Kier alpha value is -5.59. The van der Waals surface area contributed by atoms with Crippen LogP contribution in [-0.2, 0) is 16.1 Å². The van der Waals surface area contributed by atoms with Crippen LogP contribution in [0.15, 0.2) is 42.6 Å². The maximum Gasteiger partial charge on any atom is 0.275 e. The van der Waals surface area contributed by atoms with Crippen molar-refractivity contribution in [1.82, 2.24) is 30.0 Å². The molecule has 6 heterocycles. The maximum atomic E-state index is 13.8. The Bertz CT molecular complexity index is 2350. The number of ether oxygens (including phenoxy) is 1. The summed E-state index contributed by atoms with van der Waals surface area (Å²) < 4.78 is 6.48. The Morgan fingerprint density at radius 2 is 1.58 bits per heavy atom. The van der Waals surface area contributed by atoms with Crippen LogP contribution in [0.2, 0.25) is 5.02 Å². The Morgan fingerprint density at radius 3 is 2.27 bits per heavy atom. The van der Waals surface area contributed by atoms with Gasteiger partial charge in [-0.25, -0.2) is 14.8 Å². The second kappa shape index (κ2) is 14.8. The Balaban J connectivity index is 0.766. The fourth-order valence-corrected chi connectivity index (χ4v) is 11.2. The van der Waals surface area contributed by atoms with Crippen molar-refractivity contribution in [3.8, 4) is 5.75 Å². The smallest absolute Gasteiger partial charge is 0.275 e. The van der Waals surface area contributed by atoms with Crippen molar-refractivity contribution in [1.29, 1.82) is 0 Å². The van der Waals surface area contributed by atoms with Crippen LogP contribution in [0.4, 0.5) is 17.2 Å². The van der Waals surface area contributed by atoms with Crippen LogP contribution < -0.4 is 19.9 Å². The Kier molecular flexibility index (Phi) is 9.86. The number of halogens is 1. The molecule has 60 heavy (non-hydrogen) atoms. The topological polar surface area (TPSA) is 153 Å². The molecule has 0 radical (unpaired) electrons. The van der Waals surface area contributed by atoms with Gasteiger partial charge in [-0.2, -0.15) is 0 Å². The van der Waals surface area contributed by atoms with Crippen molar-refractivity contribution in [2.75, 3.05) is 55.6 Å². The van der Waals surface area contributed by atoms with E-state index in [-0.39, 0.29) is 47.3 Å². The van der Waals surface area contributed by atoms with Gasteiger partial charge in [-0.3, -0.25) is 39.1 Å². The summed E-state index contributed by atoms with van der Waals surface area (Å²) in [5.41, 5.74) is 2.21. The number of amides is 5. The lowest BCUT2D eigenvalue weighted by molar-refractivity contribution is -0.199. The van der Waals surface area contributed by atoms with E-state index >= 15 is 0 Å². The summed E-state index contributed by atoms with van der Waals surface area (Å²) in [7, 11) is 0. The van der Waals surface area contributed by atoms with Gasteiger partial charge >= 0.3 is 0 Å². The van der Waals surface area contributed by atoms with Gasteiger partial charge in [0, 0.05) is 74.8 Å². The number of hydrogen-bond donors (Lipinski definition) is 1. The summed E-state index contributed by atoms with van der Waals surface area (Å²) in [6.45, 7) is 22.2. The van der Waals surface area contributed by atoms with Crippen LogP contribution in [0, 0.1) is 23.3 Å². The minimum absolute atomic E-state index is 0.0860. The van der Waals surface area contributed by atoms with Crippen LogP contribution in [0.25, 0.3) is 4.85 Å². The van der Waals surface area contributed by atoms with Crippen LogP contribution >= 0.6 is 11.6 Å². The summed E-state index contributed by atoms with van der Waals surface area (Å²) in [6.07, 6.45) is 3.80. The largest absolute Gasteiger partial charge is 0.489 e. The fourth-order valence-electron chi connectivity index (χ4n) is 11.0. The number of benzene rings is 2. The molecule has 1 unspecified atom stereocenters. The first-order valence-corrected chi connectivity index (χ1v) is 21.1. The van der Waals surface area contributed by atoms with E-state index in [9.17, 15) is 24.0 Å². The lowest BCUT2D eigenvalue weighted by atomic mass is 9.49. The number of piperidine rings is 2. The number of aromatic nitrogens is 2. The molecule has 312 valence electrons. The Morgan fingerprint density at radius 1 is 0.867 bits per heavy atom. The number of hydrogen-bond acceptors (Lipinski definition) is 11. The quantitative estimate of drug-likeness (QED) is 0.242. The molecule has 6 aliphatic rings. The molecule has 1 atom stereocenters. The lowest BCUT2D eigenvalue weighted by Gasteiger charge is -2.65. The summed E-state index contributed by atoms with van der Waals surface area (Å²) >= 11 is 6.30. The molecule has 4 fully saturated rings. The highest BCUT2D eigenvalue weighted by Crippen LogP contribution is 2.59. The molecule has 1 saturated carbocycles. The number of carbonyl (C=O) groups is 5. The van der Waals surface area contributed by atoms with Crippen molar-refractivity contribution in [3.63, 3.8) is 0 Å². The van der Waals surface area contributed by atoms with Crippen molar-refractivity contribution in [2.24, 2.45) is 16.7 Å². The van der Waals surface area contributed by atoms with E-state index in [0.717, 1.165) is 75.1 Å². The molecule has 0 bridgehead atoms. The molecule has 1 aliphatic carbocycles. The van der Waals surface area contributed by atoms with E-state index in [1.165, 1.54) is 0 Å². The zero-order valence-electron chi connectivity index (χ0n) is 34.2. The first-order valence-electron chi connectivity index (χ1n) is 20.7. The third kappa shape index (κ3) is 6.64. The molecule has 0 spiro atoms. The third-order valence-corrected chi connectivity index (χ3v) is 13.9. The van der Waals surface area contributed by atoms with E-state index in [0.29, 0.717) is 45.9 Å². The molecule has 9 rings (SSSR count). The van der Waals surface area contributed by atoms with Gasteiger partial charge in [0.15, 0.2) is 5.69 Å². The van der Waals surface area contributed by atoms with E-state index in [1.807, 2.05) is 11.0 Å². The van der Waals surface area contributed by atoms with E-state index in [4.69, 9.17) is 27.9 Å². The highest BCUT2D eigenvalue weighted by molar-refractivity contribution is 6.33. The molecule has 5 amide bonds. The van der Waals surface area contributed by atoms with Gasteiger partial charge in [0.05, 0.1) is 41.2 Å². The highest BCUT2D eigenvalue weighted by Gasteiger charge is 2.67. The van der Waals surface area contributed by atoms with Gasteiger partial charge in [0.1, 0.15) is 23.7 Å². The normalized spacial score (nSPS) is 25.2. The molecule has 16 heteroatoms. The molecule has 1 aromatic heterocycles. The van der Waals surface area contributed by atoms with Gasteiger partial charge in [-0.05, 0) is 55.5 Å². The zero-order valence-corrected chi connectivity index (χ0v) is 35.0. The fraction of sp³-hybridized carbons (Fsp3) is 0.500. The first-order chi connectivity index (χ1) is 28.6. The van der Waals surface area contributed by atoms with Crippen molar-refractivity contribution < 1.29 is 28.7 Å². The number of nitrogens with one attached hydrogen (secondary N) is 1. The molecular weight excluding hydrogens is 786 g/mol. The minimum Gasteiger partial charge on any atom is -0.489 e. The van der Waals surface area contributed by atoms with Gasteiger partial charge in [0.2, 0.25) is 17.5 Å². The average molecular weight is 834 g/mol. The van der Waals surface area contributed by atoms with Crippen molar-refractivity contribution >= 4 is 58.3 Å². The lowest BCUT2D eigenvalue weighted by Crippen LogP contribution is -2.74. The van der Waals surface area contributed by atoms with Gasteiger partial charge in [-0.1, -0.05) is 45.4 Å². The van der Waals surface area contributed by atoms with Gasteiger partial charge in [0.25, 0.3) is 17.7 Å². The number of piperazine rings is 1. The Labute approximate surface area is 353 Å². The summed E-state index contributed by atoms with van der Waals surface area (Å²) in [6, 6.07) is 9.34. The molecule has 3 saturated heterocycles. The average Bonchev–Trinajstić information content (AvgIpc) is 3.67. The van der Waals surface area contributed by atoms with E-state index in [2.05, 4.69) is 57.5 Å². The molecule has 3 aromatic rings. The van der Waals surface area contributed by atoms with Crippen LogP contribution in [0.5, 0.6) is 5.75 Å². The van der Waals surface area contributed by atoms with Crippen molar-refractivity contribution in [3.05, 3.63) is 81.5 Å². The number of fused-ring (bicyclic) bond motifs is 2. The molecule has 2 aromatic carbocycles. The minimum atomic E-state index is -0.981. The summed E-state index contributed by atoms with van der Waals surface area (Å²) in [5.74, 6) is -0.161. The summed E-state index contributed by atoms with van der Waals surface area (Å²) in [4.78, 5) is 87.5. The van der Waals surface area contributed by atoms with E-state index < -0.39 is 29.7 Å². The third-order valence-electron chi connectivity index (χ3n) is 13.6. The zero-order chi connectivity index (χ0) is 42.2. The number of carbonyl (C=O) groups excluding carboxylic acids is 5. The molecule has 1 N–H and O–H groups in total. The standard InChI is InChI=1S/C44H48ClN9O6/c1-43(2)41(44(3,4)42(43)60-27-7-9-31(46-5)30(45)21-27)53-24-32-36(40(53)59)47-22-34(48-32)52-14-12-25(13-15-52)23-50-16-18-51(19-17-50)26-6-8-28-29(20-26)39(58)54(38(28)57)33-10-11-35(55)49-37(33)56/h6-9,20-22,25,33,41-42H,10-19,23-24H2,1-4H3,(H,49,55,56). The predicted octanol–water partition coefficient (Wildman–Crippen LogP) is 4.96. The van der Waals surface area contributed by atoms with Crippen LogP contribution in [0.3, 0.4) is 0 Å². The van der Waals surface area contributed by atoms with Gasteiger partial charge in [-0.15, -0.1) is 0 Å². The predicted molar refractivity (Wildman–Crippen MR) is 222 cm³/mol. The molecule has 15 nitrogen and oxygen atoms in total. The number of nitrogens with zero attached hydrogens (tertiary/aromatic N) is 8. The monoisotopic (exact) mass is 833 g/mol. The summed E-state index contributed by atoms with van der Waals surface area (Å²) in [5, 5.41) is 2.60. The second-order valence-electron chi connectivity index (χ2n) is 18.1. The molecular formula is C44H48ClN9O6. The van der Waals surface area contributed by atoms with Crippen molar-refractivity contribution in [2.45, 2.75) is 78.1 Å². The second-order valence-corrected chi connectivity index (χ2v) is 18.5. The number of rotatable bonds is 8. The SMILES string of the molecule is [C-]#[N+]c1ccc(OC2C(C)(C)C(N3Cc4nc(N5CCC(CN6CCN(c7ccc8c(c7)C(=O)N(C7CCC(=O)NC7=O)C8=O)CC6)CC5)cnc4C3=O)C2(C)C)cc1Cl. The van der Waals surface area contributed by atoms with E-state index in [1.54, 1.807) is 36.5 Å². The first kappa shape index (κ1) is 39.8. The van der Waals surface area contributed by atoms with Gasteiger partial charge < -0.3 is 19.4 Å². The number of anilines is 2. The highest BCUT2D eigenvalue weighted by atomic mass is 35.5. The molecule has 5 aliphatic heterocycles. The maximum absolute atomic E-state index is 13.8. The number of imide groups is 2.